The van der Waals surface area contributed by atoms with Crippen molar-refractivity contribution in [1.29, 1.82) is 0 Å². The van der Waals surface area contributed by atoms with Gasteiger partial charge in [0.1, 0.15) is 4.90 Å². The number of fused-ring (bicyclic) bond motifs is 1. The summed E-state index contributed by atoms with van der Waals surface area (Å²) in [6.07, 6.45) is 1.35. The molecule has 0 atom stereocenters. The van der Waals surface area contributed by atoms with Crippen molar-refractivity contribution >= 4 is 21.9 Å². The first-order valence-electron chi connectivity index (χ1n) is 5.80. The zero-order chi connectivity index (χ0) is 14.9. The number of rotatable bonds is 3. The lowest BCUT2D eigenvalue weighted by Gasteiger charge is -2.12. The van der Waals surface area contributed by atoms with Gasteiger partial charge in [-0.1, -0.05) is 18.2 Å². The van der Waals surface area contributed by atoms with Crippen molar-refractivity contribution in [2.75, 3.05) is 13.7 Å². The molecular weight excluding hydrogens is 282 g/mol. The van der Waals surface area contributed by atoms with Crippen LogP contribution in [0.3, 0.4) is 0 Å². The molecule has 0 aromatic heterocycles. The number of hydrogen-bond acceptors (Lipinski definition) is 5. The van der Waals surface area contributed by atoms with Crippen LogP contribution in [0.25, 0.3) is 0 Å². The lowest BCUT2D eigenvalue weighted by molar-refractivity contribution is -0.136. The Balaban J connectivity index is 2.33. The van der Waals surface area contributed by atoms with Crippen molar-refractivity contribution in [1.82, 2.24) is 4.31 Å². The van der Waals surface area contributed by atoms with Crippen LogP contribution < -0.4 is 0 Å². The van der Waals surface area contributed by atoms with Gasteiger partial charge in [0.05, 0.1) is 19.2 Å². The highest BCUT2D eigenvalue weighted by Gasteiger charge is 2.40. The van der Waals surface area contributed by atoms with Crippen LogP contribution in [0.4, 0.5) is 0 Å². The van der Waals surface area contributed by atoms with E-state index in [0.29, 0.717) is 0 Å². The zero-order valence-electron chi connectivity index (χ0n) is 11.0. The lowest BCUT2D eigenvalue weighted by atomic mass is 10.2. The fourth-order valence-electron chi connectivity index (χ4n) is 1.88. The van der Waals surface area contributed by atoms with E-state index in [1.54, 1.807) is 12.1 Å². The summed E-state index contributed by atoms with van der Waals surface area (Å²) >= 11 is 0. The summed E-state index contributed by atoms with van der Waals surface area (Å²) in [5.41, 5.74) is 0.392. The SMILES string of the molecule is COC(=O)C(C)=CCN1C(=O)c2ccccc2S1(=O)=O. The van der Waals surface area contributed by atoms with E-state index < -0.39 is 21.9 Å². The van der Waals surface area contributed by atoms with Gasteiger partial charge in [0.2, 0.25) is 0 Å². The molecule has 7 heteroatoms. The Morgan fingerprint density at radius 1 is 1.35 bits per heavy atom. The lowest BCUT2D eigenvalue weighted by Crippen LogP contribution is -2.30. The molecule has 0 saturated heterocycles. The molecule has 1 heterocycles. The molecule has 2 rings (SSSR count). The van der Waals surface area contributed by atoms with Crippen LogP contribution in [0.2, 0.25) is 0 Å². The Labute approximate surface area is 116 Å². The van der Waals surface area contributed by atoms with Crippen molar-refractivity contribution in [3.05, 3.63) is 41.5 Å². The van der Waals surface area contributed by atoms with Crippen molar-refractivity contribution in [2.45, 2.75) is 11.8 Å². The Bertz CT molecular complexity index is 705. The number of benzene rings is 1. The van der Waals surface area contributed by atoms with Gasteiger partial charge in [-0.25, -0.2) is 17.5 Å². The topological polar surface area (TPSA) is 80.8 Å². The normalized spacial score (nSPS) is 17.0. The molecule has 0 bridgehead atoms. The second-order valence-electron chi connectivity index (χ2n) is 4.22. The number of carbonyl (C=O) groups excluding carboxylic acids is 2. The maximum Gasteiger partial charge on any atom is 0.333 e. The van der Waals surface area contributed by atoms with E-state index in [1.807, 2.05) is 0 Å². The fraction of sp³-hybridized carbons (Fsp3) is 0.231. The molecule has 0 N–H and O–H groups in total. The van der Waals surface area contributed by atoms with Gasteiger partial charge in [0, 0.05) is 5.57 Å². The maximum atomic E-state index is 12.2. The van der Waals surface area contributed by atoms with Crippen molar-refractivity contribution in [3.8, 4) is 0 Å². The Morgan fingerprint density at radius 3 is 2.60 bits per heavy atom. The number of ether oxygens (including phenoxy) is 1. The van der Waals surface area contributed by atoms with Gasteiger partial charge in [0.15, 0.2) is 0 Å². The Hall–Kier alpha value is -2.15. The third kappa shape index (κ3) is 2.20. The maximum absolute atomic E-state index is 12.2. The van der Waals surface area contributed by atoms with E-state index >= 15 is 0 Å². The molecule has 0 spiro atoms. The molecule has 0 radical (unpaired) electrons. The van der Waals surface area contributed by atoms with E-state index in [0.717, 1.165) is 4.31 Å². The number of amides is 1. The molecule has 20 heavy (non-hydrogen) atoms. The van der Waals surface area contributed by atoms with E-state index in [-0.39, 0.29) is 22.6 Å². The summed E-state index contributed by atoms with van der Waals surface area (Å²) in [5, 5.41) is 0. The Morgan fingerprint density at radius 2 is 2.00 bits per heavy atom. The molecular formula is C13H13NO5S. The van der Waals surface area contributed by atoms with E-state index in [2.05, 4.69) is 4.74 Å². The van der Waals surface area contributed by atoms with Crippen LogP contribution >= 0.6 is 0 Å². The second kappa shape index (κ2) is 5.09. The average Bonchev–Trinajstić information content (AvgIpc) is 2.64. The molecule has 0 unspecified atom stereocenters. The number of carbonyl (C=O) groups is 2. The molecule has 6 nitrogen and oxygen atoms in total. The third-order valence-corrected chi connectivity index (χ3v) is 4.79. The second-order valence-corrected chi connectivity index (χ2v) is 6.05. The highest BCUT2D eigenvalue weighted by molar-refractivity contribution is 7.90. The molecule has 0 saturated carbocycles. The van der Waals surface area contributed by atoms with Crippen molar-refractivity contribution in [2.24, 2.45) is 0 Å². The highest BCUT2D eigenvalue weighted by Crippen LogP contribution is 2.29. The van der Waals surface area contributed by atoms with Crippen molar-refractivity contribution in [3.63, 3.8) is 0 Å². The van der Waals surface area contributed by atoms with Crippen LogP contribution in [-0.4, -0.2) is 38.3 Å². The van der Waals surface area contributed by atoms with Crippen molar-refractivity contribution < 1.29 is 22.7 Å². The minimum Gasteiger partial charge on any atom is -0.466 e. The molecule has 1 aliphatic rings. The number of hydrogen-bond donors (Lipinski definition) is 0. The zero-order valence-corrected chi connectivity index (χ0v) is 11.8. The van der Waals surface area contributed by atoms with Gasteiger partial charge in [-0.15, -0.1) is 0 Å². The summed E-state index contributed by atoms with van der Waals surface area (Å²) < 4.78 is 29.7. The third-order valence-electron chi connectivity index (χ3n) is 2.98. The number of esters is 1. The van der Waals surface area contributed by atoms with Gasteiger partial charge >= 0.3 is 5.97 Å². The largest absolute Gasteiger partial charge is 0.466 e. The van der Waals surface area contributed by atoms with E-state index in [9.17, 15) is 18.0 Å². The first-order valence-corrected chi connectivity index (χ1v) is 7.24. The molecule has 1 aromatic rings. The summed E-state index contributed by atoms with van der Waals surface area (Å²) in [6, 6.07) is 6.01. The molecule has 106 valence electrons. The molecule has 0 aliphatic carbocycles. The van der Waals surface area contributed by atoms with Gasteiger partial charge in [-0.2, -0.15) is 0 Å². The van der Waals surface area contributed by atoms with Crippen LogP contribution in [0, 0.1) is 0 Å². The van der Waals surface area contributed by atoms with E-state index in [1.165, 1.54) is 32.2 Å². The summed E-state index contributed by atoms with van der Waals surface area (Å²) in [7, 11) is -2.61. The summed E-state index contributed by atoms with van der Waals surface area (Å²) in [6.45, 7) is 1.29. The van der Waals surface area contributed by atoms with Gasteiger partial charge in [-0.05, 0) is 19.1 Å². The Kier molecular flexibility index (Phi) is 3.63. The average molecular weight is 295 g/mol. The predicted octanol–water partition coefficient (Wildman–Crippen LogP) is 0.950. The summed E-state index contributed by atoms with van der Waals surface area (Å²) in [4.78, 5) is 23.3. The van der Waals surface area contributed by atoms with Gasteiger partial charge in [0.25, 0.3) is 15.9 Å². The predicted molar refractivity (Wildman–Crippen MR) is 70.4 cm³/mol. The van der Waals surface area contributed by atoms with Crippen LogP contribution in [0.5, 0.6) is 0 Å². The van der Waals surface area contributed by atoms with Gasteiger partial charge < -0.3 is 4.74 Å². The highest BCUT2D eigenvalue weighted by atomic mass is 32.2. The quantitative estimate of drug-likeness (QED) is 0.612. The summed E-state index contributed by atoms with van der Waals surface area (Å²) in [5.74, 6) is -1.15. The molecule has 1 aliphatic heterocycles. The minimum absolute atomic E-state index is 0.00544. The smallest absolute Gasteiger partial charge is 0.333 e. The fourth-order valence-corrected chi connectivity index (χ4v) is 3.38. The minimum atomic E-state index is -3.84. The first-order chi connectivity index (χ1) is 9.39. The molecule has 0 fully saturated rings. The monoisotopic (exact) mass is 295 g/mol. The number of sulfonamides is 1. The van der Waals surface area contributed by atoms with Gasteiger partial charge in [-0.3, -0.25) is 4.79 Å². The number of methoxy groups -OCH3 is 1. The van der Waals surface area contributed by atoms with Crippen LogP contribution in [-0.2, 0) is 19.6 Å². The molecule has 1 amide bonds. The standard InChI is InChI=1S/C13H13NO5S/c1-9(13(16)19-2)7-8-14-12(15)10-5-3-4-6-11(10)20(14,17)18/h3-7H,8H2,1-2H3. The first kappa shape index (κ1) is 14.3. The van der Waals surface area contributed by atoms with E-state index in [4.69, 9.17) is 0 Å². The van der Waals surface area contributed by atoms with Crippen LogP contribution in [0.1, 0.15) is 17.3 Å². The van der Waals surface area contributed by atoms with Crippen LogP contribution in [0.15, 0.2) is 40.8 Å². The molecule has 1 aromatic carbocycles. The number of nitrogens with zero attached hydrogens (tertiary/aromatic N) is 1.